The van der Waals surface area contributed by atoms with Crippen molar-refractivity contribution in [1.82, 2.24) is 4.90 Å². The van der Waals surface area contributed by atoms with Gasteiger partial charge in [-0.15, -0.1) is 0 Å². The lowest BCUT2D eigenvalue weighted by molar-refractivity contribution is -0.918. The Morgan fingerprint density at radius 2 is 2.21 bits per heavy atom. The van der Waals surface area contributed by atoms with E-state index < -0.39 is 5.97 Å². The van der Waals surface area contributed by atoms with Gasteiger partial charge in [0.05, 0.1) is 26.2 Å². The zero-order chi connectivity index (χ0) is 14.1. The summed E-state index contributed by atoms with van der Waals surface area (Å²) in [6.07, 6.45) is 6.54. The van der Waals surface area contributed by atoms with Crippen LogP contribution in [0.2, 0.25) is 0 Å². The number of hydrogen-bond donors (Lipinski definition) is 2. The van der Waals surface area contributed by atoms with E-state index in [2.05, 4.69) is 11.8 Å². The Balaban J connectivity index is 2.41. The molecular weight excluding hydrogens is 244 g/mol. The highest BCUT2D eigenvalue weighted by Crippen LogP contribution is 2.09. The van der Waals surface area contributed by atoms with Crippen molar-refractivity contribution in [2.45, 2.75) is 51.6 Å². The van der Waals surface area contributed by atoms with Gasteiger partial charge in [0.15, 0.2) is 0 Å². The minimum Gasteiger partial charge on any atom is -0.550 e. The normalized spacial score (nSPS) is 23.9. The maximum atomic E-state index is 10.6. The highest BCUT2D eigenvalue weighted by atomic mass is 16.4. The maximum Gasteiger partial charge on any atom is 0.144 e. The molecule has 2 unspecified atom stereocenters. The van der Waals surface area contributed by atoms with E-state index in [1.54, 1.807) is 0 Å². The van der Waals surface area contributed by atoms with Crippen LogP contribution in [0.25, 0.3) is 0 Å². The minimum absolute atomic E-state index is 0.133. The van der Waals surface area contributed by atoms with Gasteiger partial charge in [-0.05, 0) is 6.42 Å². The van der Waals surface area contributed by atoms with Crippen LogP contribution in [0.4, 0.5) is 0 Å². The first kappa shape index (κ1) is 16.4. The van der Waals surface area contributed by atoms with E-state index in [4.69, 9.17) is 5.11 Å². The third-order valence-corrected chi connectivity index (χ3v) is 4.00. The van der Waals surface area contributed by atoms with Gasteiger partial charge >= 0.3 is 0 Å². The molecule has 0 aliphatic carbocycles. The SMILES string of the molecule is CCCCCCC1N(CCO)CC[NH+]1CCC(=O)[O-]. The van der Waals surface area contributed by atoms with Gasteiger partial charge in [-0.2, -0.15) is 0 Å². The van der Waals surface area contributed by atoms with Crippen LogP contribution in [-0.4, -0.2) is 54.9 Å². The van der Waals surface area contributed by atoms with Gasteiger partial charge in [-0.3, -0.25) is 0 Å². The van der Waals surface area contributed by atoms with Crippen molar-refractivity contribution in [3.05, 3.63) is 0 Å². The van der Waals surface area contributed by atoms with E-state index in [9.17, 15) is 9.90 Å². The monoisotopic (exact) mass is 272 g/mol. The Morgan fingerprint density at radius 1 is 1.42 bits per heavy atom. The van der Waals surface area contributed by atoms with Crippen LogP contribution in [0.5, 0.6) is 0 Å². The largest absolute Gasteiger partial charge is 0.550 e. The van der Waals surface area contributed by atoms with Crippen LogP contribution in [0.15, 0.2) is 0 Å². The fraction of sp³-hybridized carbons (Fsp3) is 0.929. The van der Waals surface area contributed by atoms with E-state index in [1.807, 2.05) is 0 Å². The first-order chi connectivity index (χ1) is 9.19. The summed E-state index contributed by atoms with van der Waals surface area (Å²) in [5.74, 6) is -0.960. The zero-order valence-corrected chi connectivity index (χ0v) is 12.1. The summed E-state index contributed by atoms with van der Waals surface area (Å²) >= 11 is 0. The molecular formula is C14H28N2O3. The van der Waals surface area contributed by atoms with Gasteiger partial charge in [0, 0.05) is 25.4 Å². The van der Waals surface area contributed by atoms with E-state index in [-0.39, 0.29) is 13.0 Å². The van der Waals surface area contributed by atoms with E-state index in [1.165, 1.54) is 30.6 Å². The van der Waals surface area contributed by atoms with Crippen molar-refractivity contribution in [2.75, 3.05) is 32.8 Å². The number of carboxylic acids is 1. The van der Waals surface area contributed by atoms with Gasteiger partial charge in [-0.25, -0.2) is 4.90 Å². The lowest BCUT2D eigenvalue weighted by Gasteiger charge is -2.27. The van der Waals surface area contributed by atoms with Crippen molar-refractivity contribution in [3.63, 3.8) is 0 Å². The van der Waals surface area contributed by atoms with Crippen molar-refractivity contribution in [3.8, 4) is 0 Å². The minimum atomic E-state index is -0.960. The van der Waals surface area contributed by atoms with Crippen LogP contribution in [0.3, 0.4) is 0 Å². The molecule has 19 heavy (non-hydrogen) atoms. The third kappa shape index (κ3) is 5.89. The summed E-state index contributed by atoms with van der Waals surface area (Å²) < 4.78 is 0. The number of hydrogen-bond acceptors (Lipinski definition) is 4. The average molecular weight is 272 g/mol. The summed E-state index contributed by atoms with van der Waals surface area (Å²) in [6, 6.07) is 0. The number of rotatable bonds is 10. The Hall–Kier alpha value is -0.650. The number of quaternary nitrogens is 1. The Morgan fingerprint density at radius 3 is 2.84 bits per heavy atom. The Kier molecular flexibility index (Phi) is 8.02. The van der Waals surface area contributed by atoms with Gasteiger partial charge in [0.2, 0.25) is 0 Å². The highest BCUT2D eigenvalue weighted by Gasteiger charge is 2.34. The van der Waals surface area contributed by atoms with Gasteiger partial charge in [-0.1, -0.05) is 26.2 Å². The van der Waals surface area contributed by atoms with Crippen LogP contribution in [0.1, 0.15) is 45.4 Å². The quantitative estimate of drug-likeness (QED) is 0.481. The molecule has 1 aliphatic rings. The molecule has 0 aromatic rings. The number of carbonyl (C=O) groups excluding carboxylic acids is 1. The fourth-order valence-electron chi connectivity index (χ4n) is 2.97. The molecule has 2 N–H and O–H groups in total. The number of aliphatic hydroxyl groups is 1. The maximum absolute atomic E-state index is 10.6. The Labute approximate surface area is 116 Å². The fourth-order valence-corrected chi connectivity index (χ4v) is 2.97. The van der Waals surface area contributed by atoms with E-state index in [0.717, 1.165) is 19.5 Å². The molecule has 1 heterocycles. The van der Waals surface area contributed by atoms with Crippen LogP contribution < -0.4 is 10.0 Å². The first-order valence-corrected chi connectivity index (χ1v) is 7.58. The second-order valence-electron chi connectivity index (χ2n) is 5.40. The molecule has 1 aliphatic heterocycles. The number of nitrogens with zero attached hydrogens (tertiary/aromatic N) is 1. The molecule has 0 aromatic heterocycles. The van der Waals surface area contributed by atoms with Gasteiger partial charge in [0.1, 0.15) is 6.17 Å². The number of unbranched alkanes of at least 4 members (excludes halogenated alkanes) is 3. The van der Waals surface area contributed by atoms with Crippen LogP contribution in [-0.2, 0) is 4.79 Å². The average Bonchev–Trinajstić information content (AvgIpc) is 2.75. The highest BCUT2D eigenvalue weighted by molar-refractivity contribution is 5.64. The summed E-state index contributed by atoms with van der Waals surface area (Å²) in [4.78, 5) is 14.2. The smallest absolute Gasteiger partial charge is 0.144 e. The van der Waals surface area contributed by atoms with E-state index in [0.29, 0.717) is 19.3 Å². The number of carbonyl (C=O) groups is 1. The van der Waals surface area contributed by atoms with Crippen molar-refractivity contribution >= 4 is 5.97 Å². The lowest BCUT2D eigenvalue weighted by Crippen LogP contribution is -3.14. The standard InChI is InChI=1S/C14H28N2O3/c1-2-3-4-5-6-13-15(8-7-14(18)19)9-10-16(13)11-12-17/h13,17H,2-12H2,1H3,(H,18,19). The second-order valence-corrected chi connectivity index (χ2v) is 5.40. The van der Waals surface area contributed by atoms with Crippen molar-refractivity contribution in [1.29, 1.82) is 0 Å². The molecule has 0 aromatic carbocycles. The molecule has 1 fully saturated rings. The van der Waals surface area contributed by atoms with Crippen LogP contribution in [0, 0.1) is 0 Å². The summed E-state index contributed by atoms with van der Waals surface area (Å²) in [5.41, 5.74) is 0. The molecule has 0 saturated carbocycles. The topological polar surface area (TPSA) is 68.0 Å². The van der Waals surface area contributed by atoms with Crippen molar-refractivity contribution < 1.29 is 19.9 Å². The first-order valence-electron chi connectivity index (χ1n) is 7.58. The number of β-amino-alcohol motifs (C(OH)–C–C–N with tert-alkyl or cyclic N) is 1. The molecule has 1 saturated heterocycles. The Bertz CT molecular complexity index is 261. The molecule has 5 heteroatoms. The molecule has 2 atom stereocenters. The molecule has 0 bridgehead atoms. The predicted octanol–water partition coefficient (Wildman–Crippen LogP) is -1.38. The second kappa shape index (κ2) is 9.28. The number of aliphatic hydroxyl groups excluding tert-OH is 1. The zero-order valence-electron chi connectivity index (χ0n) is 12.1. The molecule has 112 valence electrons. The summed E-state index contributed by atoms with van der Waals surface area (Å²) in [7, 11) is 0. The van der Waals surface area contributed by atoms with Gasteiger partial charge in [0.25, 0.3) is 0 Å². The summed E-state index contributed by atoms with van der Waals surface area (Å²) in [5, 5.41) is 19.7. The van der Waals surface area contributed by atoms with E-state index >= 15 is 0 Å². The molecule has 1 rings (SSSR count). The lowest BCUT2D eigenvalue weighted by atomic mass is 10.1. The number of carboxylic acid groups (broad SMARTS) is 1. The number of nitrogens with one attached hydrogen (secondary N) is 1. The van der Waals surface area contributed by atoms with Crippen LogP contribution >= 0.6 is 0 Å². The number of aliphatic carboxylic acids is 1. The predicted molar refractivity (Wildman–Crippen MR) is 71.5 cm³/mol. The molecule has 0 spiro atoms. The molecule has 5 nitrogen and oxygen atoms in total. The third-order valence-electron chi connectivity index (χ3n) is 4.00. The molecule has 0 radical (unpaired) electrons. The van der Waals surface area contributed by atoms with Crippen molar-refractivity contribution in [2.24, 2.45) is 0 Å². The molecule has 0 amide bonds. The van der Waals surface area contributed by atoms with Gasteiger partial charge < -0.3 is 19.9 Å². The summed E-state index contributed by atoms with van der Waals surface area (Å²) in [6.45, 7) is 5.66.